The molecule has 0 saturated carbocycles. The van der Waals surface area contributed by atoms with Crippen molar-refractivity contribution in [2.75, 3.05) is 20.8 Å². The van der Waals surface area contributed by atoms with E-state index in [0.29, 0.717) is 6.42 Å². The summed E-state index contributed by atoms with van der Waals surface area (Å²) in [6.45, 7) is 17.0. The molecule has 5 fully saturated rings. The van der Waals surface area contributed by atoms with Crippen LogP contribution in [0.1, 0.15) is 101 Å². The van der Waals surface area contributed by atoms with Gasteiger partial charge in [-0.3, -0.25) is 0 Å². The van der Waals surface area contributed by atoms with Crippen molar-refractivity contribution < 1.29 is 80.7 Å². The summed E-state index contributed by atoms with van der Waals surface area (Å²) in [6, 6.07) is 23.4. The predicted octanol–water partition coefficient (Wildman–Crippen LogP) is 10.3. The van der Waals surface area contributed by atoms with E-state index in [1.807, 2.05) is 71.9 Å². The number of nitrogens with zero attached hydrogens (tertiary/aromatic N) is 9. The van der Waals surface area contributed by atoms with Gasteiger partial charge >= 0.3 is 17.9 Å². The van der Waals surface area contributed by atoms with Gasteiger partial charge in [0.25, 0.3) is 0 Å². The summed E-state index contributed by atoms with van der Waals surface area (Å²) in [7, 11) is 2.53. The Labute approximate surface area is 506 Å². The van der Waals surface area contributed by atoms with Crippen LogP contribution < -0.4 is 0 Å². The molecule has 0 bridgehead atoms. The van der Waals surface area contributed by atoms with Gasteiger partial charge in [-0.25, -0.2) is 14.4 Å². The molecule has 0 radical (unpaired) electrons. The number of esters is 3. The first-order chi connectivity index (χ1) is 42.0. The normalized spacial score (nSPS) is 37.6. The molecular formula is C61H81N9O17. The lowest BCUT2D eigenvalue weighted by Crippen LogP contribution is -2.64. The predicted molar refractivity (Wildman–Crippen MR) is 309 cm³/mol. The van der Waals surface area contributed by atoms with Crippen LogP contribution in [0.4, 0.5) is 0 Å². The van der Waals surface area contributed by atoms with Gasteiger partial charge < -0.3 is 66.3 Å². The van der Waals surface area contributed by atoms with Crippen molar-refractivity contribution in [2.45, 2.75) is 198 Å². The van der Waals surface area contributed by atoms with Crippen molar-refractivity contribution in [3.05, 3.63) is 139 Å². The van der Waals surface area contributed by atoms with Crippen molar-refractivity contribution in [2.24, 2.45) is 50.9 Å². The number of benzene rings is 3. The van der Waals surface area contributed by atoms with Crippen LogP contribution in [-0.4, -0.2) is 155 Å². The van der Waals surface area contributed by atoms with Crippen molar-refractivity contribution in [3.8, 4) is 0 Å². The molecule has 26 heteroatoms. The van der Waals surface area contributed by atoms with Crippen molar-refractivity contribution in [3.63, 3.8) is 0 Å². The van der Waals surface area contributed by atoms with E-state index in [4.69, 9.17) is 66.3 Å². The third-order valence-electron chi connectivity index (χ3n) is 17.7. The van der Waals surface area contributed by atoms with Crippen LogP contribution in [0.5, 0.6) is 0 Å². The summed E-state index contributed by atoms with van der Waals surface area (Å²) in [4.78, 5) is 51.1. The highest BCUT2D eigenvalue weighted by atomic mass is 16.8. The zero-order valence-corrected chi connectivity index (χ0v) is 50.9. The average Bonchev–Trinajstić information content (AvgIpc) is 1.24. The van der Waals surface area contributed by atoms with Crippen LogP contribution in [0.3, 0.4) is 0 Å². The molecule has 25 atom stereocenters. The number of methoxy groups -OCH3 is 2. The van der Waals surface area contributed by atoms with Gasteiger partial charge in [-0.1, -0.05) is 137 Å². The van der Waals surface area contributed by atoms with Crippen molar-refractivity contribution >= 4 is 17.9 Å². The van der Waals surface area contributed by atoms with Gasteiger partial charge in [0.2, 0.25) is 0 Å². The molecule has 0 aromatic heterocycles. The summed E-state index contributed by atoms with van der Waals surface area (Å²) in [5.74, 6) is -5.11. The summed E-state index contributed by atoms with van der Waals surface area (Å²) >= 11 is 0. The fraction of sp³-hybridized carbons (Fsp3) is 0.656. The van der Waals surface area contributed by atoms with Gasteiger partial charge in [-0.05, 0) is 89.9 Å². The fourth-order valence-corrected chi connectivity index (χ4v) is 12.5. The van der Waals surface area contributed by atoms with Crippen LogP contribution in [0.25, 0.3) is 31.3 Å². The number of azide groups is 3. The van der Waals surface area contributed by atoms with E-state index in [0.717, 1.165) is 19.1 Å². The van der Waals surface area contributed by atoms with E-state index in [1.165, 1.54) is 7.11 Å². The maximum atomic E-state index is 14.2. The van der Waals surface area contributed by atoms with Crippen LogP contribution in [0, 0.1) is 35.5 Å². The lowest BCUT2D eigenvalue weighted by Gasteiger charge is -2.51. The molecule has 5 saturated heterocycles. The number of rotatable bonds is 23. The van der Waals surface area contributed by atoms with Gasteiger partial charge in [0.15, 0.2) is 43.7 Å². The minimum atomic E-state index is -1.62. The van der Waals surface area contributed by atoms with Gasteiger partial charge in [-0.2, -0.15) is 0 Å². The highest BCUT2D eigenvalue weighted by Gasteiger charge is 2.57. The Hall–Kier alpha value is -6.44. The molecule has 10 unspecified atom stereocenters. The zero-order valence-electron chi connectivity index (χ0n) is 50.9. The maximum Gasteiger partial charge on any atom is 0.338 e. The van der Waals surface area contributed by atoms with E-state index in [9.17, 15) is 31.0 Å². The van der Waals surface area contributed by atoms with Crippen LogP contribution in [-0.2, 0) is 77.7 Å². The first kappa shape index (κ1) is 66.5. The van der Waals surface area contributed by atoms with Crippen molar-refractivity contribution in [1.82, 2.24) is 0 Å². The van der Waals surface area contributed by atoms with Gasteiger partial charge in [0.1, 0.15) is 24.9 Å². The molecule has 5 heterocycles. The van der Waals surface area contributed by atoms with Crippen LogP contribution in [0.15, 0.2) is 106 Å². The Bertz CT molecular complexity index is 2870. The lowest BCUT2D eigenvalue weighted by molar-refractivity contribution is -0.364. The van der Waals surface area contributed by atoms with Gasteiger partial charge in [-0.15, -0.1) is 0 Å². The molecule has 0 aliphatic carbocycles. The lowest BCUT2D eigenvalue weighted by atomic mass is 9.81. The summed E-state index contributed by atoms with van der Waals surface area (Å²) in [5, 5.41) is 12.4. The van der Waals surface area contributed by atoms with Crippen molar-refractivity contribution in [1.29, 1.82) is 0 Å². The molecule has 3 aromatic rings. The van der Waals surface area contributed by atoms with E-state index in [2.05, 4.69) is 37.0 Å². The standard InChI is InChI=1S/C61H81N9O17/c1-12-41-31(3)32(4)44(65-68-62)58(79-41)83-47-35(7)51(76-29-38-23-17-14-18-24-38)60(78-37(47)9)84-48-34(6)46(67-70-64)59(80-42(48)13-2)86-50-36(8)52(82-55(72)40-27-21-16-22-28-40)61(87-53(50)56(73)74-10)85-49-33(5)45(66-69-63)57(75-11)81-43(49)30-77-54(71)39-25-19-15-20-26-39/h14-28,31-37,41-53,57-61H,12-13,29-30H2,1-11H3/t31-,32-,33+,34+,35-,36-,37?,41?,42?,43?,44?,45?,46?,47-,48-,49-,50-,51?,52?,53?,57-,58-,59+,60-,61+/m0/s1. The Morgan fingerprint density at radius 1 is 0.483 bits per heavy atom. The zero-order chi connectivity index (χ0) is 62.5. The Kier molecular flexibility index (Phi) is 23.8. The molecule has 87 heavy (non-hydrogen) atoms. The molecule has 5 aliphatic heterocycles. The number of hydrogen-bond donors (Lipinski definition) is 0. The van der Waals surface area contributed by atoms with Gasteiger partial charge in [0.05, 0.1) is 79.6 Å². The molecule has 0 amide bonds. The molecule has 8 rings (SSSR count). The molecule has 3 aromatic carbocycles. The van der Waals surface area contributed by atoms with Crippen LogP contribution in [0.2, 0.25) is 0 Å². The molecule has 472 valence electrons. The van der Waals surface area contributed by atoms with E-state index in [1.54, 1.807) is 74.5 Å². The second kappa shape index (κ2) is 31.1. The first-order valence-electron chi connectivity index (χ1n) is 29.8. The third-order valence-corrected chi connectivity index (χ3v) is 17.7. The number of carbonyl (C=O) groups is 3. The van der Waals surface area contributed by atoms with E-state index in [-0.39, 0.29) is 42.3 Å². The smallest absolute Gasteiger partial charge is 0.338 e. The molecule has 0 N–H and O–H groups in total. The molecule has 0 spiro atoms. The Balaban J connectivity index is 1.08. The summed E-state index contributed by atoms with van der Waals surface area (Å²) in [5.41, 5.74) is 30.9. The third kappa shape index (κ3) is 15.4. The highest BCUT2D eigenvalue weighted by molar-refractivity contribution is 5.90. The second-order valence-corrected chi connectivity index (χ2v) is 22.9. The quantitative estimate of drug-likeness (QED) is 0.0280. The van der Waals surface area contributed by atoms with Crippen LogP contribution >= 0.6 is 0 Å². The summed E-state index contributed by atoms with van der Waals surface area (Å²) < 4.78 is 90.3. The number of carbonyl (C=O) groups excluding carboxylic acids is 3. The monoisotopic (exact) mass is 1210 g/mol. The fourth-order valence-electron chi connectivity index (χ4n) is 12.5. The number of hydrogen-bond acceptors (Lipinski definition) is 20. The minimum Gasteiger partial charge on any atom is -0.467 e. The Morgan fingerprint density at radius 3 is 1.51 bits per heavy atom. The maximum absolute atomic E-state index is 14.2. The summed E-state index contributed by atoms with van der Waals surface area (Å²) in [6.07, 6.45) is -15.2. The molecule has 5 aliphatic rings. The number of ether oxygens (including phenoxy) is 14. The highest BCUT2D eigenvalue weighted by Crippen LogP contribution is 2.44. The second-order valence-electron chi connectivity index (χ2n) is 22.9. The largest absolute Gasteiger partial charge is 0.467 e. The molecular weight excluding hydrogens is 1130 g/mol. The van der Waals surface area contributed by atoms with E-state index < -0.39 is 152 Å². The topological polar surface area (TPSA) is 327 Å². The van der Waals surface area contributed by atoms with Gasteiger partial charge in [0, 0.05) is 33.7 Å². The first-order valence-corrected chi connectivity index (χ1v) is 29.8. The SMILES string of the molecule is CCC1O[C@@H](O[C@@H]2C(C)O[C@@H](O[C@@H]3C(CC)O[C@H](O[C@@H]4C(C(=O)OC)O[C@@H](O[C@@H]5C(COC(=O)c6ccccc6)O[C@H](OC)C(N=[N+]=[N-])[C@H]5C)C(OC(=O)c5ccccc5)[C@H]4C)C(N=[N+]=[N-])[C@H]3C)C(OCc3ccccc3)[C@H]2C)C(N=[N+]=[N-])[C@@H](C)[C@@H]1C. The van der Waals surface area contributed by atoms with E-state index >= 15 is 0 Å². The average molecular weight is 1210 g/mol. The minimum absolute atomic E-state index is 0.0440. The molecule has 26 nitrogen and oxygen atoms in total. The Morgan fingerprint density at radius 2 is 0.954 bits per heavy atom.